The summed E-state index contributed by atoms with van der Waals surface area (Å²) in [5.41, 5.74) is 0.968. The number of halogens is 2. The number of nitrogens with one attached hydrogen (secondary N) is 1. The SMILES string of the molecule is Cc1ccc(N2CCc3cc(Oc4c(Cl)cc(Cl)cc4-n4nc(C#N)c(=O)[nH]c4=O)ccc3C2=O)cc1. The predicted molar refractivity (Wildman–Crippen MR) is 138 cm³/mol. The molecule has 4 aromatic rings. The summed E-state index contributed by atoms with van der Waals surface area (Å²) in [6.07, 6.45) is 0.597. The summed E-state index contributed by atoms with van der Waals surface area (Å²) < 4.78 is 6.83. The summed E-state index contributed by atoms with van der Waals surface area (Å²) in [5.74, 6) is 0.272. The van der Waals surface area contributed by atoms with Crippen LogP contribution in [0.15, 0.2) is 64.2 Å². The van der Waals surface area contributed by atoms with E-state index < -0.39 is 16.9 Å². The van der Waals surface area contributed by atoms with E-state index in [1.165, 1.54) is 12.1 Å². The van der Waals surface area contributed by atoms with Crippen molar-refractivity contribution in [2.24, 2.45) is 0 Å². The average molecular weight is 534 g/mol. The fourth-order valence-corrected chi connectivity index (χ4v) is 4.58. The second kappa shape index (κ2) is 9.58. The molecule has 184 valence electrons. The lowest BCUT2D eigenvalue weighted by molar-refractivity contribution is 0.0980. The number of ether oxygens (including phenoxy) is 1. The van der Waals surface area contributed by atoms with Crippen molar-refractivity contribution < 1.29 is 9.53 Å². The summed E-state index contributed by atoms with van der Waals surface area (Å²) in [6.45, 7) is 2.49. The second-order valence-electron chi connectivity index (χ2n) is 8.33. The fourth-order valence-electron chi connectivity index (χ4n) is 4.06. The van der Waals surface area contributed by atoms with E-state index in [9.17, 15) is 14.4 Å². The Morgan fingerprint density at radius 2 is 1.81 bits per heavy atom. The lowest BCUT2D eigenvalue weighted by Gasteiger charge is -2.29. The minimum atomic E-state index is -0.918. The molecule has 0 fully saturated rings. The maximum atomic E-state index is 13.2. The summed E-state index contributed by atoms with van der Waals surface area (Å²) in [7, 11) is 0. The van der Waals surface area contributed by atoms with Crippen LogP contribution in [0.2, 0.25) is 10.0 Å². The van der Waals surface area contributed by atoms with Crippen molar-refractivity contribution >= 4 is 34.8 Å². The Kier molecular flexibility index (Phi) is 6.29. The first-order chi connectivity index (χ1) is 17.7. The van der Waals surface area contributed by atoms with Gasteiger partial charge in [-0.1, -0.05) is 40.9 Å². The van der Waals surface area contributed by atoms with Crippen LogP contribution in [0.3, 0.4) is 0 Å². The van der Waals surface area contributed by atoms with Gasteiger partial charge in [0.15, 0.2) is 5.75 Å². The van der Waals surface area contributed by atoms with Gasteiger partial charge >= 0.3 is 5.69 Å². The number of carbonyl (C=O) groups is 1. The summed E-state index contributed by atoms with van der Waals surface area (Å²) in [6, 6.07) is 17.2. The number of rotatable bonds is 4. The zero-order chi connectivity index (χ0) is 26.3. The van der Waals surface area contributed by atoms with Gasteiger partial charge in [-0.05, 0) is 61.4 Å². The van der Waals surface area contributed by atoms with Crippen LogP contribution in [0.5, 0.6) is 11.5 Å². The molecule has 0 aliphatic carbocycles. The molecule has 0 atom stereocenters. The lowest BCUT2D eigenvalue weighted by atomic mass is 9.98. The number of benzene rings is 3. The zero-order valence-corrected chi connectivity index (χ0v) is 20.8. The van der Waals surface area contributed by atoms with Crippen molar-refractivity contribution in [3.63, 3.8) is 0 Å². The Balaban J connectivity index is 1.51. The van der Waals surface area contributed by atoms with Gasteiger partial charge in [0.05, 0.1) is 5.02 Å². The maximum absolute atomic E-state index is 13.2. The molecule has 5 rings (SSSR count). The highest BCUT2D eigenvalue weighted by molar-refractivity contribution is 6.36. The van der Waals surface area contributed by atoms with Crippen LogP contribution in [0.25, 0.3) is 5.69 Å². The molecule has 0 saturated carbocycles. The normalized spacial score (nSPS) is 12.7. The first-order valence-corrected chi connectivity index (χ1v) is 11.8. The van der Waals surface area contributed by atoms with Crippen LogP contribution in [0.4, 0.5) is 5.69 Å². The van der Waals surface area contributed by atoms with Crippen molar-refractivity contribution in [2.45, 2.75) is 13.3 Å². The quantitative estimate of drug-likeness (QED) is 0.414. The van der Waals surface area contributed by atoms with Crippen LogP contribution in [0.1, 0.15) is 27.2 Å². The van der Waals surface area contributed by atoms with E-state index in [2.05, 4.69) is 5.10 Å². The molecule has 2 heterocycles. The molecule has 0 radical (unpaired) electrons. The molecule has 0 unspecified atom stereocenters. The van der Waals surface area contributed by atoms with Gasteiger partial charge in [-0.15, -0.1) is 5.10 Å². The standard InChI is InChI=1S/C26H17Cl2N5O4/c1-14-2-4-17(5-3-14)32-9-8-15-10-18(6-7-19(15)25(32)35)37-23-20(28)11-16(27)12-22(23)33-26(36)30-24(34)21(13-29)31-33/h2-7,10-12H,8-9H2,1H3,(H,30,34,36). The van der Waals surface area contributed by atoms with Crippen LogP contribution in [-0.2, 0) is 6.42 Å². The lowest BCUT2D eigenvalue weighted by Crippen LogP contribution is -2.37. The number of nitriles is 1. The van der Waals surface area contributed by atoms with Gasteiger partial charge in [0.1, 0.15) is 17.5 Å². The number of aromatic amines is 1. The molecule has 1 aliphatic rings. The number of hydrogen-bond acceptors (Lipinski definition) is 6. The van der Waals surface area contributed by atoms with Gasteiger partial charge in [0.2, 0.25) is 5.69 Å². The number of H-pyrrole nitrogens is 1. The molecule has 3 aromatic carbocycles. The van der Waals surface area contributed by atoms with E-state index in [0.29, 0.717) is 24.3 Å². The Labute approximate surface area is 220 Å². The van der Waals surface area contributed by atoms with Crippen molar-refractivity contribution in [3.8, 4) is 23.3 Å². The zero-order valence-electron chi connectivity index (χ0n) is 19.3. The number of fused-ring (bicyclic) bond motifs is 1. The molecule has 0 bridgehead atoms. The molecule has 1 aliphatic heterocycles. The Morgan fingerprint density at radius 3 is 2.54 bits per heavy atom. The van der Waals surface area contributed by atoms with E-state index in [1.54, 1.807) is 29.2 Å². The van der Waals surface area contributed by atoms with Crippen molar-refractivity contribution in [2.75, 3.05) is 11.4 Å². The first-order valence-electron chi connectivity index (χ1n) is 11.1. The number of anilines is 1. The molecule has 9 nitrogen and oxygen atoms in total. The van der Waals surface area contributed by atoms with Crippen molar-refractivity contribution in [1.82, 2.24) is 14.8 Å². The predicted octanol–water partition coefficient (Wildman–Crippen LogP) is 4.40. The van der Waals surface area contributed by atoms with Gasteiger partial charge in [0.25, 0.3) is 11.5 Å². The minimum Gasteiger partial charge on any atom is -0.454 e. The maximum Gasteiger partial charge on any atom is 0.349 e. The smallest absolute Gasteiger partial charge is 0.349 e. The molecule has 1 aromatic heterocycles. The van der Waals surface area contributed by atoms with Gasteiger partial charge in [-0.2, -0.15) is 9.94 Å². The van der Waals surface area contributed by atoms with Crippen LogP contribution < -0.4 is 20.9 Å². The Bertz CT molecular complexity index is 1720. The van der Waals surface area contributed by atoms with Crippen LogP contribution >= 0.6 is 23.2 Å². The monoisotopic (exact) mass is 533 g/mol. The molecule has 0 spiro atoms. The highest BCUT2D eigenvalue weighted by atomic mass is 35.5. The van der Waals surface area contributed by atoms with E-state index in [0.717, 1.165) is 21.5 Å². The number of hydrogen-bond donors (Lipinski definition) is 1. The Hall–Kier alpha value is -4.39. The summed E-state index contributed by atoms with van der Waals surface area (Å²) in [4.78, 5) is 41.2. The summed E-state index contributed by atoms with van der Waals surface area (Å²) >= 11 is 12.6. The number of carbonyl (C=O) groups excluding carboxylic acids is 1. The van der Waals surface area contributed by atoms with Gasteiger partial charge < -0.3 is 9.64 Å². The molecule has 11 heteroatoms. The van der Waals surface area contributed by atoms with E-state index >= 15 is 0 Å². The number of amides is 1. The second-order valence-corrected chi connectivity index (χ2v) is 9.17. The van der Waals surface area contributed by atoms with E-state index in [-0.39, 0.29) is 27.4 Å². The summed E-state index contributed by atoms with van der Waals surface area (Å²) in [5, 5.41) is 13.2. The number of aryl methyl sites for hydroxylation is 1. The number of nitrogens with zero attached hydrogens (tertiary/aromatic N) is 4. The van der Waals surface area contributed by atoms with Gasteiger partial charge in [-0.3, -0.25) is 14.6 Å². The third-order valence-corrected chi connectivity index (χ3v) is 6.37. The molecule has 0 saturated heterocycles. The van der Waals surface area contributed by atoms with E-state index in [1.807, 2.05) is 36.2 Å². The molecule has 37 heavy (non-hydrogen) atoms. The average Bonchev–Trinajstić information content (AvgIpc) is 2.87. The third kappa shape index (κ3) is 4.60. The molecule has 1 N–H and O–H groups in total. The minimum absolute atomic E-state index is 0.0228. The van der Waals surface area contributed by atoms with Crippen molar-refractivity contribution in [3.05, 3.63) is 108 Å². The van der Waals surface area contributed by atoms with E-state index in [4.69, 9.17) is 33.2 Å². The largest absolute Gasteiger partial charge is 0.454 e. The van der Waals surface area contributed by atoms with Crippen LogP contribution in [0, 0.1) is 18.3 Å². The van der Waals surface area contributed by atoms with Gasteiger partial charge in [-0.25, -0.2) is 4.79 Å². The highest BCUT2D eigenvalue weighted by Gasteiger charge is 2.26. The topological polar surface area (TPSA) is 121 Å². The first kappa shape index (κ1) is 24.3. The fraction of sp³-hybridized carbons (Fsp3) is 0.115. The highest BCUT2D eigenvalue weighted by Crippen LogP contribution is 2.38. The molecular weight excluding hydrogens is 517 g/mol. The number of aromatic nitrogens is 3. The molecule has 1 amide bonds. The third-order valence-electron chi connectivity index (χ3n) is 5.87. The van der Waals surface area contributed by atoms with Gasteiger partial charge in [0, 0.05) is 22.8 Å². The van der Waals surface area contributed by atoms with Crippen molar-refractivity contribution in [1.29, 1.82) is 5.26 Å². The molecular formula is C26H17Cl2N5O4. The Morgan fingerprint density at radius 1 is 1.05 bits per heavy atom. The van der Waals surface area contributed by atoms with Crippen LogP contribution in [-0.4, -0.2) is 27.2 Å².